The van der Waals surface area contributed by atoms with Gasteiger partial charge in [-0.1, -0.05) is 13.8 Å². The van der Waals surface area contributed by atoms with Crippen LogP contribution < -0.4 is 0 Å². The van der Waals surface area contributed by atoms with Crippen molar-refractivity contribution in [1.82, 2.24) is 4.90 Å². The molecule has 0 atom stereocenters. The second kappa shape index (κ2) is 2.96. The van der Waals surface area contributed by atoms with E-state index in [0.717, 1.165) is 12.8 Å². The van der Waals surface area contributed by atoms with Crippen molar-refractivity contribution in [3.8, 4) is 0 Å². The lowest BCUT2D eigenvalue weighted by molar-refractivity contribution is -0.0615. The zero-order valence-corrected chi connectivity index (χ0v) is 8.84. The topological polar surface area (TPSA) is 23.5 Å². The van der Waals surface area contributed by atoms with Gasteiger partial charge in [0.25, 0.3) is 0 Å². The third-order valence-electron chi connectivity index (χ3n) is 4.29. The highest BCUT2D eigenvalue weighted by molar-refractivity contribution is 5.09. The Morgan fingerprint density at radius 1 is 1.23 bits per heavy atom. The number of nitrogens with zero attached hydrogens (tertiary/aromatic N) is 1. The molecule has 76 valence electrons. The molecule has 1 saturated heterocycles. The molecule has 2 aliphatic rings. The highest BCUT2D eigenvalue weighted by atomic mass is 16.3. The minimum absolute atomic E-state index is 0.105. The van der Waals surface area contributed by atoms with Gasteiger partial charge in [-0.2, -0.15) is 0 Å². The van der Waals surface area contributed by atoms with E-state index in [1.165, 1.54) is 25.9 Å². The SMILES string of the molecule is CCC(CC)(CO)N1CC2(CC2)C1. The molecule has 13 heavy (non-hydrogen) atoms. The highest BCUT2D eigenvalue weighted by Crippen LogP contribution is 2.55. The summed E-state index contributed by atoms with van der Waals surface area (Å²) in [5.41, 5.74) is 0.818. The Morgan fingerprint density at radius 3 is 2.08 bits per heavy atom. The second-order valence-corrected chi connectivity index (χ2v) is 4.95. The van der Waals surface area contributed by atoms with Gasteiger partial charge in [-0.05, 0) is 31.1 Å². The fourth-order valence-corrected chi connectivity index (χ4v) is 2.61. The maximum Gasteiger partial charge on any atom is 0.0615 e. The average molecular weight is 183 g/mol. The fourth-order valence-electron chi connectivity index (χ4n) is 2.61. The van der Waals surface area contributed by atoms with Crippen LogP contribution in [-0.4, -0.2) is 35.2 Å². The molecule has 1 N–H and O–H groups in total. The van der Waals surface area contributed by atoms with Crippen molar-refractivity contribution in [2.45, 2.75) is 45.1 Å². The van der Waals surface area contributed by atoms with E-state index < -0.39 is 0 Å². The molecular formula is C11H21NO. The maximum atomic E-state index is 9.46. The molecule has 1 saturated carbocycles. The first-order chi connectivity index (χ1) is 6.20. The highest BCUT2D eigenvalue weighted by Gasteiger charge is 2.56. The van der Waals surface area contributed by atoms with Crippen LogP contribution in [0.1, 0.15) is 39.5 Å². The summed E-state index contributed by atoms with van der Waals surface area (Å²) in [4.78, 5) is 2.50. The Labute approximate surface area is 80.9 Å². The lowest BCUT2D eigenvalue weighted by atomic mass is 9.83. The van der Waals surface area contributed by atoms with Crippen LogP contribution in [0.25, 0.3) is 0 Å². The van der Waals surface area contributed by atoms with Crippen LogP contribution in [-0.2, 0) is 0 Å². The first-order valence-corrected chi connectivity index (χ1v) is 5.56. The summed E-state index contributed by atoms with van der Waals surface area (Å²) < 4.78 is 0. The van der Waals surface area contributed by atoms with E-state index >= 15 is 0 Å². The summed E-state index contributed by atoms with van der Waals surface area (Å²) in [5, 5.41) is 9.46. The molecule has 0 amide bonds. The van der Waals surface area contributed by atoms with Crippen LogP contribution in [0.15, 0.2) is 0 Å². The molecule has 2 heteroatoms. The Morgan fingerprint density at radius 2 is 1.77 bits per heavy atom. The molecule has 2 nitrogen and oxygen atoms in total. The summed E-state index contributed by atoms with van der Waals surface area (Å²) in [6, 6.07) is 0. The quantitative estimate of drug-likeness (QED) is 0.716. The van der Waals surface area contributed by atoms with E-state index in [-0.39, 0.29) is 5.54 Å². The zero-order valence-electron chi connectivity index (χ0n) is 8.84. The average Bonchev–Trinajstić information content (AvgIpc) is 2.87. The van der Waals surface area contributed by atoms with Crippen LogP contribution in [0.2, 0.25) is 0 Å². The van der Waals surface area contributed by atoms with Crippen molar-refractivity contribution in [3.05, 3.63) is 0 Å². The number of rotatable bonds is 4. The molecule has 2 fully saturated rings. The molecule has 1 spiro atoms. The van der Waals surface area contributed by atoms with Gasteiger partial charge < -0.3 is 5.11 Å². The molecule has 0 unspecified atom stereocenters. The lowest BCUT2D eigenvalue weighted by Crippen LogP contribution is -2.62. The van der Waals surface area contributed by atoms with Crippen molar-refractivity contribution in [3.63, 3.8) is 0 Å². The number of likely N-dealkylation sites (tertiary alicyclic amines) is 1. The van der Waals surface area contributed by atoms with Gasteiger partial charge in [-0.25, -0.2) is 0 Å². The molecule has 0 bridgehead atoms. The molecular weight excluding hydrogens is 162 g/mol. The molecule has 1 aliphatic carbocycles. The van der Waals surface area contributed by atoms with Crippen LogP contribution in [0.4, 0.5) is 0 Å². The molecule has 1 heterocycles. The maximum absolute atomic E-state index is 9.46. The van der Waals surface area contributed by atoms with Gasteiger partial charge in [0.05, 0.1) is 6.61 Å². The van der Waals surface area contributed by atoms with E-state index in [4.69, 9.17) is 0 Å². The molecule has 2 rings (SSSR count). The fraction of sp³-hybridized carbons (Fsp3) is 1.00. The summed E-state index contributed by atoms with van der Waals surface area (Å²) >= 11 is 0. The Hall–Kier alpha value is -0.0800. The minimum atomic E-state index is 0.105. The van der Waals surface area contributed by atoms with Crippen molar-refractivity contribution in [1.29, 1.82) is 0 Å². The molecule has 0 radical (unpaired) electrons. The monoisotopic (exact) mass is 183 g/mol. The lowest BCUT2D eigenvalue weighted by Gasteiger charge is -2.52. The van der Waals surface area contributed by atoms with Gasteiger partial charge in [0, 0.05) is 18.6 Å². The molecule has 1 aliphatic heterocycles. The summed E-state index contributed by atoms with van der Waals surface area (Å²) in [5.74, 6) is 0. The predicted molar refractivity (Wildman–Crippen MR) is 53.6 cm³/mol. The zero-order chi connectivity index (χ0) is 9.53. The summed E-state index contributed by atoms with van der Waals surface area (Å²) in [6.45, 7) is 7.20. The van der Waals surface area contributed by atoms with Gasteiger partial charge >= 0.3 is 0 Å². The summed E-state index contributed by atoms with van der Waals surface area (Å²) in [6.07, 6.45) is 5.02. The summed E-state index contributed by atoms with van der Waals surface area (Å²) in [7, 11) is 0. The Kier molecular flexibility index (Phi) is 2.16. The van der Waals surface area contributed by atoms with E-state index in [9.17, 15) is 5.11 Å². The van der Waals surface area contributed by atoms with Crippen molar-refractivity contribution in [2.75, 3.05) is 19.7 Å². The van der Waals surface area contributed by atoms with E-state index in [1.807, 2.05) is 0 Å². The van der Waals surface area contributed by atoms with Crippen LogP contribution in [0, 0.1) is 5.41 Å². The van der Waals surface area contributed by atoms with Crippen LogP contribution in [0.3, 0.4) is 0 Å². The van der Waals surface area contributed by atoms with Gasteiger partial charge in [0.2, 0.25) is 0 Å². The third kappa shape index (κ3) is 1.31. The second-order valence-electron chi connectivity index (χ2n) is 4.95. The van der Waals surface area contributed by atoms with E-state index in [0.29, 0.717) is 12.0 Å². The molecule has 0 aromatic rings. The first-order valence-electron chi connectivity index (χ1n) is 5.56. The number of hydrogen-bond donors (Lipinski definition) is 1. The number of aliphatic hydroxyl groups excluding tert-OH is 1. The molecule has 0 aromatic heterocycles. The number of hydrogen-bond acceptors (Lipinski definition) is 2. The first kappa shape index (κ1) is 9.47. The minimum Gasteiger partial charge on any atom is -0.394 e. The van der Waals surface area contributed by atoms with Gasteiger partial charge in [0.1, 0.15) is 0 Å². The number of aliphatic hydroxyl groups is 1. The van der Waals surface area contributed by atoms with Crippen molar-refractivity contribution < 1.29 is 5.11 Å². The van der Waals surface area contributed by atoms with Crippen LogP contribution in [0.5, 0.6) is 0 Å². The Balaban J connectivity index is 1.96. The molecule has 0 aromatic carbocycles. The largest absolute Gasteiger partial charge is 0.394 e. The van der Waals surface area contributed by atoms with Crippen molar-refractivity contribution in [2.24, 2.45) is 5.41 Å². The van der Waals surface area contributed by atoms with Crippen LogP contribution >= 0.6 is 0 Å². The standard InChI is InChI=1S/C11H21NO/c1-3-11(4-2,9-13)12-7-10(8-12)5-6-10/h13H,3-9H2,1-2H3. The Bertz CT molecular complexity index is 178. The van der Waals surface area contributed by atoms with Crippen molar-refractivity contribution >= 4 is 0 Å². The third-order valence-corrected chi connectivity index (χ3v) is 4.29. The van der Waals surface area contributed by atoms with Gasteiger partial charge in [0.15, 0.2) is 0 Å². The van der Waals surface area contributed by atoms with E-state index in [2.05, 4.69) is 18.7 Å². The van der Waals surface area contributed by atoms with Gasteiger partial charge in [-0.3, -0.25) is 4.90 Å². The predicted octanol–water partition coefficient (Wildman–Crippen LogP) is 1.63. The van der Waals surface area contributed by atoms with Gasteiger partial charge in [-0.15, -0.1) is 0 Å². The smallest absolute Gasteiger partial charge is 0.0615 e. The van der Waals surface area contributed by atoms with E-state index in [1.54, 1.807) is 0 Å². The normalized spacial score (nSPS) is 26.1.